The Morgan fingerprint density at radius 1 is 1.08 bits per heavy atom. The first-order chi connectivity index (χ1) is 12.5. The van der Waals surface area contributed by atoms with E-state index < -0.39 is 23.4 Å². The summed E-state index contributed by atoms with van der Waals surface area (Å²) in [7, 11) is 1.31. The highest BCUT2D eigenvalue weighted by atomic mass is 19.2. The molecule has 1 heterocycles. The number of carbonyl (C=O) groups excluding carboxylic acids is 1. The molecule has 0 aliphatic carbocycles. The zero-order chi connectivity index (χ0) is 18.7. The van der Waals surface area contributed by atoms with E-state index in [0.29, 0.717) is 17.9 Å². The molecule has 26 heavy (non-hydrogen) atoms. The molecule has 1 aromatic heterocycles. The highest BCUT2D eigenvalue weighted by molar-refractivity contribution is 5.89. The van der Waals surface area contributed by atoms with Gasteiger partial charge in [0.25, 0.3) is 0 Å². The molecule has 0 atom stereocenters. The number of hydrogen-bond acceptors (Lipinski definition) is 3. The third-order valence-corrected chi connectivity index (χ3v) is 3.99. The van der Waals surface area contributed by atoms with Gasteiger partial charge in [-0.25, -0.2) is 22.9 Å². The Bertz CT molecular complexity index is 936. The monoisotopic (exact) mass is 360 g/mol. The van der Waals surface area contributed by atoms with E-state index in [0.717, 1.165) is 11.6 Å². The Labute approximate surface area is 147 Å². The Morgan fingerprint density at radius 2 is 1.81 bits per heavy atom. The predicted molar refractivity (Wildman–Crippen MR) is 88.2 cm³/mol. The van der Waals surface area contributed by atoms with Crippen molar-refractivity contribution >= 4 is 5.97 Å². The largest absolute Gasteiger partial charge is 0.465 e. The van der Waals surface area contributed by atoms with E-state index in [4.69, 9.17) is 0 Å². The van der Waals surface area contributed by atoms with Gasteiger partial charge in [-0.15, -0.1) is 0 Å². The molecule has 3 rings (SSSR count). The molecule has 0 fully saturated rings. The Hall–Kier alpha value is -3.09. The maximum Gasteiger partial charge on any atom is 0.337 e. The average Bonchev–Trinajstić information content (AvgIpc) is 3.09. The highest BCUT2D eigenvalue weighted by Crippen LogP contribution is 2.18. The van der Waals surface area contributed by atoms with Crippen LogP contribution in [0, 0.1) is 17.5 Å². The van der Waals surface area contributed by atoms with E-state index in [-0.39, 0.29) is 12.0 Å². The van der Waals surface area contributed by atoms with Crippen molar-refractivity contribution in [2.45, 2.75) is 13.0 Å². The van der Waals surface area contributed by atoms with E-state index in [9.17, 15) is 18.0 Å². The number of hydrogen-bond donors (Lipinski definition) is 0. The molecular formula is C19H15F3N2O2. The van der Waals surface area contributed by atoms with Gasteiger partial charge < -0.3 is 9.30 Å². The SMILES string of the molecule is COC(=O)c1ccc(Cn2ccnc2Cc2ccc(F)c(F)c2F)cc1. The maximum atomic E-state index is 13.9. The number of rotatable bonds is 5. The molecule has 0 saturated carbocycles. The third kappa shape index (κ3) is 3.61. The minimum Gasteiger partial charge on any atom is -0.465 e. The number of nitrogens with zero attached hydrogens (tertiary/aromatic N) is 2. The van der Waals surface area contributed by atoms with Crippen LogP contribution in [0.15, 0.2) is 48.8 Å². The number of aromatic nitrogens is 2. The van der Waals surface area contributed by atoms with Crippen molar-refractivity contribution in [3.63, 3.8) is 0 Å². The smallest absolute Gasteiger partial charge is 0.337 e. The van der Waals surface area contributed by atoms with Crippen LogP contribution in [0.1, 0.15) is 27.3 Å². The molecular weight excluding hydrogens is 345 g/mol. The van der Waals surface area contributed by atoms with Crippen molar-refractivity contribution in [2.75, 3.05) is 7.11 Å². The second kappa shape index (κ2) is 7.43. The summed E-state index contributed by atoms with van der Waals surface area (Å²) in [6.07, 6.45) is 3.29. The van der Waals surface area contributed by atoms with Crippen molar-refractivity contribution in [1.82, 2.24) is 9.55 Å². The fourth-order valence-corrected chi connectivity index (χ4v) is 2.58. The standard InChI is InChI=1S/C19H15F3N2O2/c1-26-19(25)13-4-2-12(3-5-13)11-24-9-8-23-16(24)10-14-6-7-15(20)18(22)17(14)21/h2-9H,10-11H2,1H3. The van der Waals surface area contributed by atoms with Gasteiger partial charge in [-0.3, -0.25) is 0 Å². The van der Waals surface area contributed by atoms with Gasteiger partial charge in [0.1, 0.15) is 5.82 Å². The molecule has 0 unspecified atom stereocenters. The van der Waals surface area contributed by atoms with E-state index in [1.165, 1.54) is 13.2 Å². The second-order valence-electron chi connectivity index (χ2n) is 5.67. The van der Waals surface area contributed by atoms with Crippen molar-refractivity contribution < 1.29 is 22.7 Å². The van der Waals surface area contributed by atoms with Crippen LogP contribution in [-0.2, 0) is 17.7 Å². The minimum absolute atomic E-state index is 0.0241. The number of esters is 1. The van der Waals surface area contributed by atoms with Crippen molar-refractivity contribution in [3.8, 4) is 0 Å². The molecule has 0 amide bonds. The van der Waals surface area contributed by atoms with Crippen molar-refractivity contribution in [1.29, 1.82) is 0 Å². The van der Waals surface area contributed by atoms with Gasteiger partial charge in [0.2, 0.25) is 0 Å². The quantitative estimate of drug-likeness (QED) is 0.514. The van der Waals surface area contributed by atoms with Crippen LogP contribution in [0.3, 0.4) is 0 Å². The topological polar surface area (TPSA) is 44.1 Å². The fourth-order valence-electron chi connectivity index (χ4n) is 2.58. The summed E-state index contributed by atoms with van der Waals surface area (Å²) in [5.41, 5.74) is 1.35. The summed E-state index contributed by atoms with van der Waals surface area (Å²) in [5.74, 6) is -3.83. The second-order valence-corrected chi connectivity index (χ2v) is 5.67. The molecule has 0 aliphatic heterocycles. The van der Waals surface area contributed by atoms with Crippen LogP contribution in [0.5, 0.6) is 0 Å². The van der Waals surface area contributed by atoms with Crippen LogP contribution in [0.4, 0.5) is 13.2 Å². The molecule has 134 valence electrons. The lowest BCUT2D eigenvalue weighted by Gasteiger charge is -2.10. The highest BCUT2D eigenvalue weighted by Gasteiger charge is 2.15. The van der Waals surface area contributed by atoms with Crippen molar-refractivity contribution in [2.24, 2.45) is 0 Å². The van der Waals surface area contributed by atoms with E-state index >= 15 is 0 Å². The number of halogens is 3. The van der Waals surface area contributed by atoms with E-state index in [2.05, 4.69) is 9.72 Å². The van der Waals surface area contributed by atoms with Crippen LogP contribution in [-0.4, -0.2) is 22.6 Å². The lowest BCUT2D eigenvalue weighted by atomic mass is 10.1. The number of imidazole rings is 1. The first kappa shape index (κ1) is 17.7. The fraction of sp³-hybridized carbons (Fsp3) is 0.158. The molecule has 0 N–H and O–H groups in total. The molecule has 0 spiro atoms. The first-order valence-corrected chi connectivity index (χ1v) is 7.79. The molecule has 0 aliphatic rings. The lowest BCUT2D eigenvalue weighted by Crippen LogP contribution is -2.08. The number of methoxy groups -OCH3 is 1. The zero-order valence-corrected chi connectivity index (χ0v) is 13.9. The molecule has 3 aromatic rings. The Balaban J connectivity index is 1.79. The Morgan fingerprint density at radius 3 is 2.50 bits per heavy atom. The molecule has 0 bridgehead atoms. The molecule has 7 heteroatoms. The van der Waals surface area contributed by atoms with Gasteiger partial charge in [0, 0.05) is 25.4 Å². The van der Waals surface area contributed by atoms with Gasteiger partial charge >= 0.3 is 5.97 Å². The number of benzene rings is 2. The maximum absolute atomic E-state index is 13.9. The van der Waals surface area contributed by atoms with Crippen LogP contribution >= 0.6 is 0 Å². The summed E-state index contributed by atoms with van der Waals surface area (Å²) in [6, 6.07) is 8.94. The van der Waals surface area contributed by atoms with E-state index in [1.807, 2.05) is 0 Å². The molecule has 4 nitrogen and oxygen atoms in total. The van der Waals surface area contributed by atoms with Crippen LogP contribution < -0.4 is 0 Å². The molecule has 2 aromatic carbocycles. The summed E-state index contributed by atoms with van der Waals surface area (Å²) in [6.45, 7) is 0.433. The number of ether oxygens (including phenoxy) is 1. The predicted octanol–water partition coefficient (Wildman–Crippen LogP) is 3.73. The van der Waals surface area contributed by atoms with Gasteiger partial charge in [0.15, 0.2) is 17.5 Å². The average molecular weight is 360 g/mol. The number of carbonyl (C=O) groups is 1. The van der Waals surface area contributed by atoms with Crippen LogP contribution in [0.2, 0.25) is 0 Å². The van der Waals surface area contributed by atoms with Crippen molar-refractivity contribution in [3.05, 3.63) is 88.8 Å². The summed E-state index contributed by atoms with van der Waals surface area (Å²) >= 11 is 0. The van der Waals surface area contributed by atoms with Gasteiger partial charge in [0.05, 0.1) is 12.7 Å². The summed E-state index contributed by atoms with van der Waals surface area (Å²) in [5, 5.41) is 0. The van der Waals surface area contributed by atoms with Gasteiger partial charge in [-0.1, -0.05) is 18.2 Å². The lowest BCUT2D eigenvalue weighted by molar-refractivity contribution is 0.0600. The van der Waals surface area contributed by atoms with Crippen LogP contribution in [0.25, 0.3) is 0 Å². The van der Waals surface area contributed by atoms with E-state index in [1.54, 1.807) is 41.2 Å². The third-order valence-electron chi connectivity index (χ3n) is 3.99. The Kier molecular flexibility index (Phi) is 5.06. The first-order valence-electron chi connectivity index (χ1n) is 7.79. The zero-order valence-electron chi connectivity index (χ0n) is 13.9. The molecule has 0 saturated heterocycles. The minimum atomic E-state index is -1.49. The van der Waals surface area contributed by atoms with Gasteiger partial charge in [-0.05, 0) is 29.3 Å². The summed E-state index contributed by atoms with van der Waals surface area (Å²) < 4.78 is 46.7. The summed E-state index contributed by atoms with van der Waals surface area (Å²) in [4.78, 5) is 15.6. The normalized spacial score (nSPS) is 10.8. The van der Waals surface area contributed by atoms with Gasteiger partial charge in [-0.2, -0.15) is 0 Å². The molecule has 0 radical (unpaired) electrons.